The summed E-state index contributed by atoms with van der Waals surface area (Å²) in [4.78, 5) is 22.5. The Morgan fingerprint density at radius 1 is 1.41 bits per heavy atom. The molecule has 0 fully saturated rings. The Morgan fingerprint density at radius 2 is 2.23 bits per heavy atom. The van der Waals surface area contributed by atoms with Crippen molar-refractivity contribution in [2.45, 2.75) is 12.8 Å². The molecule has 0 bridgehead atoms. The van der Waals surface area contributed by atoms with Gasteiger partial charge in [0.05, 0.1) is 12.6 Å². The molecule has 1 amide bonds. The second-order valence-electron chi connectivity index (χ2n) is 4.60. The standard InChI is InChI=1S/C15H16N4O3/c1-2-4-10-5-3-6-11(15(10)22)9-16-18-13(20)7-12-8-14(21)19-17-12/h2-3,5-6,8-9,22H,1,4,7H2,(H,18,20)(H2,17,19,21)/b16-9+. The van der Waals surface area contributed by atoms with Crippen molar-refractivity contribution in [3.05, 3.63) is 64.1 Å². The van der Waals surface area contributed by atoms with E-state index in [4.69, 9.17) is 0 Å². The second-order valence-corrected chi connectivity index (χ2v) is 4.60. The molecular weight excluding hydrogens is 284 g/mol. The number of rotatable bonds is 6. The third-order valence-electron chi connectivity index (χ3n) is 2.91. The molecular formula is C15H16N4O3. The molecule has 1 aromatic heterocycles. The summed E-state index contributed by atoms with van der Waals surface area (Å²) in [7, 11) is 0. The van der Waals surface area contributed by atoms with E-state index in [1.165, 1.54) is 12.3 Å². The number of nitrogens with one attached hydrogen (secondary N) is 3. The number of H-pyrrole nitrogens is 2. The first-order valence-corrected chi connectivity index (χ1v) is 6.60. The van der Waals surface area contributed by atoms with Gasteiger partial charge >= 0.3 is 0 Å². The summed E-state index contributed by atoms with van der Waals surface area (Å²) in [6.07, 6.45) is 3.59. The molecule has 4 N–H and O–H groups in total. The number of phenols is 1. The van der Waals surface area contributed by atoms with E-state index in [9.17, 15) is 14.7 Å². The number of aromatic amines is 2. The number of benzene rings is 1. The minimum Gasteiger partial charge on any atom is -0.507 e. The van der Waals surface area contributed by atoms with Crippen LogP contribution in [-0.2, 0) is 17.6 Å². The van der Waals surface area contributed by atoms with Crippen molar-refractivity contribution in [2.75, 3.05) is 0 Å². The fourth-order valence-corrected chi connectivity index (χ4v) is 1.89. The quantitative estimate of drug-likeness (QED) is 0.360. The first kappa shape index (κ1) is 15.3. The fraction of sp³-hybridized carbons (Fsp3) is 0.133. The summed E-state index contributed by atoms with van der Waals surface area (Å²) in [6.45, 7) is 3.62. The van der Waals surface area contributed by atoms with E-state index >= 15 is 0 Å². The Kier molecular flexibility index (Phi) is 4.92. The molecule has 7 heteroatoms. The van der Waals surface area contributed by atoms with Crippen LogP contribution in [0.1, 0.15) is 16.8 Å². The number of amides is 1. The maximum atomic E-state index is 11.6. The smallest absolute Gasteiger partial charge is 0.264 e. The van der Waals surface area contributed by atoms with Crippen LogP contribution in [0.25, 0.3) is 0 Å². The number of nitrogens with zero attached hydrogens (tertiary/aromatic N) is 1. The lowest BCUT2D eigenvalue weighted by Gasteiger charge is -2.04. The predicted molar refractivity (Wildman–Crippen MR) is 82.9 cm³/mol. The largest absolute Gasteiger partial charge is 0.507 e. The zero-order valence-corrected chi connectivity index (χ0v) is 11.8. The van der Waals surface area contributed by atoms with Crippen molar-refractivity contribution in [3.63, 3.8) is 0 Å². The third-order valence-corrected chi connectivity index (χ3v) is 2.91. The zero-order valence-electron chi connectivity index (χ0n) is 11.8. The van der Waals surface area contributed by atoms with Crippen LogP contribution in [0.5, 0.6) is 5.75 Å². The maximum absolute atomic E-state index is 11.6. The lowest BCUT2D eigenvalue weighted by atomic mass is 10.1. The van der Waals surface area contributed by atoms with Crippen LogP contribution in [0, 0.1) is 0 Å². The van der Waals surface area contributed by atoms with E-state index in [2.05, 4.69) is 27.3 Å². The highest BCUT2D eigenvalue weighted by Gasteiger charge is 2.05. The topological polar surface area (TPSA) is 110 Å². The van der Waals surface area contributed by atoms with Gasteiger partial charge in [-0.1, -0.05) is 18.2 Å². The second kappa shape index (κ2) is 7.07. The number of aromatic hydroxyl groups is 1. The minimum absolute atomic E-state index is 0.00142. The van der Waals surface area contributed by atoms with Gasteiger partial charge in [0.25, 0.3) is 5.56 Å². The molecule has 0 aliphatic heterocycles. The van der Waals surface area contributed by atoms with Gasteiger partial charge in [-0.15, -0.1) is 6.58 Å². The molecule has 0 atom stereocenters. The molecule has 1 heterocycles. The molecule has 2 aromatic rings. The van der Waals surface area contributed by atoms with Gasteiger partial charge in [-0.3, -0.25) is 14.7 Å². The van der Waals surface area contributed by atoms with Crippen molar-refractivity contribution in [1.29, 1.82) is 0 Å². The van der Waals surface area contributed by atoms with Gasteiger partial charge in [0.2, 0.25) is 5.91 Å². The number of carbonyl (C=O) groups is 1. The van der Waals surface area contributed by atoms with Gasteiger partial charge in [0.15, 0.2) is 0 Å². The third kappa shape index (κ3) is 3.95. The Hall–Kier alpha value is -3.09. The number of hydrazone groups is 1. The number of phenolic OH excluding ortho intramolecular Hbond substituents is 1. The van der Waals surface area contributed by atoms with Crippen molar-refractivity contribution < 1.29 is 9.90 Å². The number of hydrogen-bond donors (Lipinski definition) is 4. The van der Waals surface area contributed by atoms with Crippen molar-refractivity contribution >= 4 is 12.1 Å². The molecule has 22 heavy (non-hydrogen) atoms. The molecule has 0 aliphatic rings. The van der Waals surface area contributed by atoms with E-state index in [0.717, 1.165) is 5.56 Å². The van der Waals surface area contributed by atoms with E-state index in [0.29, 0.717) is 17.7 Å². The highest BCUT2D eigenvalue weighted by atomic mass is 16.3. The number of hydrogen-bond acceptors (Lipinski definition) is 4. The van der Waals surface area contributed by atoms with Crippen LogP contribution in [0.15, 0.2) is 46.8 Å². The van der Waals surface area contributed by atoms with Crippen LogP contribution in [-0.4, -0.2) is 27.4 Å². The van der Waals surface area contributed by atoms with E-state index in [1.807, 2.05) is 0 Å². The highest BCUT2D eigenvalue weighted by molar-refractivity contribution is 5.86. The van der Waals surface area contributed by atoms with Crippen molar-refractivity contribution in [1.82, 2.24) is 15.6 Å². The Balaban J connectivity index is 1.97. The highest BCUT2D eigenvalue weighted by Crippen LogP contribution is 2.21. The zero-order chi connectivity index (χ0) is 15.9. The summed E-state index contributed by atoms with van der Waals surface area (Å²) >= 11 is 0. The Morgan fingerprint density at radius 3 is 2.91 bits per heavy atom. The molecule has 2 rings (SSSR count). The number of allylic oxidation sites excluding steroid dienone is 1. The summed E-state index contributed by atoms with van der Waals surface area (Å²) in [6, 6.07) is 6.55. The lowest BCUT2D eigenvalue weighted by Crippen LogP contribution is -2.20. The molecule has 0 radical (unpaired) electrons. The summed E-state index contributed by atoms with van der Waals surface area (Å²) in [5.74, 6) is -0.274. The minimum atomic E-state index is -0.381. The summed E-state index contributed by atoms with van der Waals surface area (Å²) in [5, 5.41) is 18.7. The molecule has 0 spiro atoms. The summed E-state index contributed by atoms with van der Waals surface area (Å²) < 4.78 is 0. The first-order chi connectivity index (χ1) is 10.6. The molecule has 0 unspecified atom stereocenters. The predicted octanol–water partition coefficient (Wildman–Crippen LogP) is 0.830. The van der Waals surface area contributed by atoms with Crippen molar-refractivity contribution in [2.24, 2.45) is 5.10 Å². The van der Waals surface area contributed by atoms with Gasteiger partial charge in [0.1, 0.15) is 5.75 Å². The average molecular weight is 300 g/mol. The van der Waals surface area contributed by atoms with Crippen LogP contribution < -0.4 is 11.0 Å². The van der Waals surface area contributed by atoms with E-state index in [1.54, 1.807) is 24.3 Å². The Labute approximate surface area is 126 Å². The molecule has 114 valence electrons. The number of carbonyl (C=O) groups excluding carboxylic acids is 1. The van der Waals surface area contributed by atoms with Gasteiger partial charge in [-0.05, 0) is 18.1 Å². The van der Waals surface area contributed by atoms with Crippen LogP contribution in [0.4, 0.5) is 0 Å². The van der Waals surface area contributed by atoms with Crippen LogP contribution in [0.2, 0.25) is 0 Å². The van der Waals surface area contributed by atoms with Gasteiger partial charge < -0.3 is 10.2 Å². The SMILES string of the molecule is C=CCc1cccc(/C=N/NC(=O)Cc2cc(=O)[nH][nH]2)c1O. The lowest BCUT2D eigenvalue weighted by molar-refractivity contribution is -0.120. The maximum Gasteiger partial charge on any atom is 0.264 e. The number of para-hydroxylation sites is 1. The van der Waals surface area contributed by atoms with E-state index < -0.39 is 0 Å². The van der Waals surface area contributed by atoms with Crippen LogP contribution >= 0.6 is 0 Å². The molecule has 0 aliphatic carbocycles. The molecule has 0 saturated heterocycles. The van der Waals surface area contributed by atoms with Crippen molar-refractivity contribution in [3.8, 4) is 5.75 Å². The molecule has 0 saturated carbocycles. The first-order valence-electron chi connectivity index (χ1n) is 6.60. The van der Waals surface area contributed by atoms with Gasteiger partial charge in [-0.25, -0.2) is 5.43 Å². The average Bonchev–Trinajstić information content (AvgIpc) is 2.88. The van der Waals surface area contributed by atoms with Gasteiger partial charge in [-0.2, -0.15) is 5.10 Å². The Bertz CT molecular complexity index is 758. The fourth-order valence-electron chi connectivity index (χ4n) is 1.89. The van der Waals surface area contributed by atoms with Gasteiger partial charge in [0, 0.05) is 17.3 Å². The van der Waals surface area contributed by atoms with Crippen LogP contribution in [0.3, 0.4) is 0 Å². The molecule has 1 aromatic carbocycles. The van der Waals surface area contributed by atoms with E-state index in [-0.39, 0.29) is 23.6 Å². The normalized spacial score (nSPS) is 10.7. The monoisotopic (exact) mass is 300 g/mol. The number of aromatic nitrogens is 2. The summed E-state index contributed by atoms with van der Waals surface area (Å²) in [5.41, 5.74) is 3.73. The molecule has 7 nitrogen and oxygen atoms in total.